The second kappa shape index (κ2) is 2.45. The molecule has 14 heavy (non-hydrogen) atoms. The summed E-state index contributed by atoms with van der Waals surface area (Å²) in [6.45, 7) is 0. The normalized spacial score (nSPS) is 12.3. The Kier molecular flexibility index (Phi) is 1.28. The molecule has 0 N–H and O–H groups in total. The van der Waals surface area contributed by atoms with E-state index < -0.39 is 0 Å². The van der Waals surface area contributed by atoms with E-state index in [1.54, 1.807) is 24.4 Å². The lowest BCUT2D eigenvalue weighted by molar-refractivity contribution is 1.22. The van der Waals surface area contributed by atoms with Crippen LogP contribution in [0.25, 0.3) is 10.8 Å². The summed E-state index contributed by atoms with van der Waals surface area (Å²) in [5.74, 6) is 0.533. The summed E-state index contributed by atoms with van der Waals surface area (Å²) in [4.78, 5) is 15.6. The topological polar surface area (TPSA) is 54.7 Å². The van der Waals surface area contributed by atoms with Crippen LogP contribution < -0.4 is 5.43 Å². The van der Waals surface area contributed by atoms with Crippen molar-refractivity contribution >= 4 is 22.3 Å². The smallest absolute Gasteiger partial charge is 0.186 e. The van der Waals surface area contributed by atoms with Crippen molar-refractivity contribution in [3.63, 3.8) is 0 Å². The summed E-state index contributed by atoms with van der Waals surface area (Å²) in [7, 11) is 0. The molecule has 1 aliphatic rings. The Bertz CT molecular complexity index is 619. The molecule has 0 spiro atoms. The third-order valence-electron chi connectivity index (χ3n) is 2.21. The lowest BCUT2D eigenvalue weighted by Crippen LogP contribution is -1.94. The van der Waals surface area contributed by atoms with E-state index in [1.807, 2.05) is 0 Å². The largest absolute Gasteiger partial charge is 0.289 e. The maximum absolute atomic E-state index is 11.6. The Morgan fingerprint density at radius 2 is 2.00 bits per heavy atom. The number of azo groups is 1. The number of pyridine rings is 1. The number of aromatic nitrogens is 1. The molecule has 4 nitrogen and oxygen atoms in total. The van der Waals surface area contributed by atoms with Crippen LogP contribution >= 0.6 is 0 Å². The molecule has 0 aliphatic carbocycles. The van der Waals surface area contributed by atoms with E-state index in [9.17, 15) is 4.79 Å². The van der Waals surface area contributed by atoms with Gasteiger partial charge in [0.05, 0.1) is 11.1 Å². The fourth-order valence-electron chi connectivity index (χ4n) is 1.57. The summed E-state index contributed by atoms with van der Waals surface area (Å²) in [6.07, 6.45) is 1.58. The van der Waals surface area contributed by atoms with Gasteiger partial charge in [-0.2, -0.15) is 0 Å². The maximum Gasteiger partial charge on any atom is 0.186 e. The summed E-state index contributed by atoms with van der Waals surface area (Å²) >= 11 is 0. The zero-order valence-corrected chi connectivity index (χ0v) is 7.14. The second-order valence-corrected chi connectivity index (χ2v) is 3.03. The molecular formula is C10H5N3O. The van der Waals surface area contributed by atoms with Crippen molar-refractivity contribution in [3.8, 4) is 0 Å². The van der Waals surface area contributed by atoms with Gasteiger partial charge in [0.1, 0.15) is 0 Å². The van der Waals surface area contributed by atoms with Crippen LogP contribution in [0.15, 0.2) is 45.5 Å². The first-order chi connectivity index (χ1) is 6.86. The molecule has 0 radical (unpaired) electrons. The monoisotopic (exact) mass is 183 g/mol. The number of hydrogen-bond acceptors (Lipinski definition) is 4. The third-order valence-corrected chi connectivity index (χ3v) is 2.21. The number of nitrogens with zero attached hydrogens (tertiary/aromatic N) is 3. The van der Waals surface area contributed by atoms with Crippen LogP contribution in [-0.2, 0) is 0 Å². The van der Waals surface area contributed by atoms with Gasteiger partial charge in [-0.3, -0.25) is 4.79 Å². The van der Waals surface area contributed by atoms with Gasteiger partial charge < -0.3 is 0 Å². The first kappa shape index (κ1) is 7.32. The highest BCUT2D eigenvalue weighted by atomic mass is 16.1. The minimum Gasteiger partial charge on any atom is -0.289 e. The van der Waals surface area contributed by atoms with E-state index in [4.69, 9.17) is 0 Å². The predicted molar refractivity (Wildman–Crippen MR) is 52.2 cm³/mol. The standard InChI is InChI=1S/C10H5N3O/c14-8-3-1-2-7-9-6(8)4-5-11-10(9)13-12-7/h1-5H. The molecule has 0 fully saturated rings. The highest BCUT2D eigenvalue weighted by Crippen LogP contribution is 2.36. The molecule has 1 aromatic carbocycles. The van der Waals surface area contributed by atoms with Crippen LogP contribution in [0.4, 0.5) is 11.5 Å². The van der Waals surface area contributed by atoms with Gasteiger partial charge in [0.25, 0.3) is 0 Å². The quantitative estimate of drug-likeness (QED) is 0.537. The Morgan fingerprint density at radius 1 is 1.07 bits per heavy atom. The van der Waals surface area contributed by atoms with Crippen molar-refractivity contribution in [1.82, 2.24) is 4.98 Å². The van der Waals surface area contributed by atoms with Gasteiger partial charge in [-0.05, 0) is 18.2 Å². The molecule has 1 aliphatic heterocycles. The van der Waals surface area contributed by atoms with Gasteiger partial charge in [-0.25, -0.2) is 4.98 Å². The molecule has 0 amide bonds. The van der Waals surface area contributed by atoms with Crippen LogP contribution in [0.3, 0.4) is 0 Å². The van der Waals surface area contributed by atoms with Crippen molar-refractivity contribution < 1.29 is 0 Å². The summed E-state index contributed by atoms with van der Waals surface area (Å²) in [6, 6.07) is 6.68. The van der Waals surface area contributed by atoms with Crippen LogP contribution in [0.2, 0.25) is 0 Å². The molecule has 0 saturated carbocycles. The van der Waals surface area contributed by atoms with Crippen molar-refractivity contribution in [2.24, 2.45) is 10.2 Å². The van der Waals surface area contributed by atoms with E-state index >= 15 is 0 Å². The minimum atomic E-state index is -0.0257. The Morgan fingerprint density at radius 3 is 2.93 bits per heavy atom. The van der Waals surface area contributed by atoms with Crippen molar-refractivity contribution in [2.45, 2.75) is 0 Å². The van der Waals surface area contributed by atoms with E-state index in [0.29, 0.717) is 16.9 Å². The summed E-state index contributed by atoms with van der Waals surface area (Å²) in [5, 5.41) is 9.21. The second-order valence-electron chi connectivity index (χ2n) is 3.03. The number of rotatable bonds is 0. The van der Waals surface area contributed by atoms with E-state index in [1.165, 1.54) is 6.07 Å². The van der Waals surface area contributed by atoms with Crippen LogP contribution in [0, 0.1) is 0 Å². The first-order valence-electron chi connectivity index (χ1n) is 4.20. The number of hydrogen-bond donors (Lipinski definition) is 0. The Balaban J connectivity index is 2.72. The molecule has 0 saturated heterocycles. The average molecular weight is 183 g/mol. The SMILES string of the molecule is O=c1cccc2c3c(nccc13)N=N2. The van der Waals surface area contributed by atoms with Gasteiger partial charge in [0.2, 0.25) is 0 Å². The molecule has 0 atom stereocenters. The first-order valence-corrected chi connectivity index (χ1v) is 4.20. The molecule has 3 rings (SSSR count). The molecule has 0 bridgehead atoms. The molecule has 4 heteroatoms. The molecule has 66 valence electrons. The van der Waals surface area contributed by atoms with E-state index in [0.717, 1.165) is 5.39 Å². The van der Waals surface area contributed by atoms with Gasteiger partial charge in [0.15, 0.2) is 11.2 Å². The van der Waals surface area contributed by atoms with Crippen molar-refractivity contribution in [1.29, 1.82) is 0 Å². The fourth-order valence-corrected chi connectivity index (χ4v) is 1.57. The molecule has 2 aromatic rings. The molecule has 0 unspecified atom stereocenters. The Hall–Kier alpha value is -2.10. The zero-order chi connectivity index (χ0) is 9.54. The average Bonchev–Trinajstić information content (AvgIpc) is 2.53. The zero-order valence-electron chi connectivity index (χ0n) is 7.14. The highest BCUT2D eigenvalue weighted by molar-refractivity contribution is 5.99. The predicted octanol–water partition coefficient (Wildman–Crippen LogP) is 2.32. The van der Waals surface area contributed by atoms with Gasteiger partial charge in [-0.15, -0.1) is 10.2 Å². The summed E-state index contributed by atoms with van der Waals surface area (Å²) in [5.41, 5.74) is 0.687. The highest BCUT2D eigenvalue weighted by Gasteiger charge is 2.12. The van der Waals surface area contributed by atoms with Gasteiger partial charge in [0, 0.05) is 11.6 Å². The maximum atomic E-state index is 11.6. The van der Waals surface area contributed by atoms with E-state index in [2.05, 4.69) is 15.2 Å². The minimum absolute atomic E-state index is 0.0257. The molecule has 1 aromatic heterocycles. The lowest BCUT2D eigenvalue weighted by Gasteiger charge is -1.90. The van der Waals surface area contributed by atoms with Crippen LogP contribution in [0.1, 0.15) is 0 Å². The van der Waals surface area contributed by atoms with Gasteiger partial charge >= 0.3 is 0 Å². The van der Waals surface area contributed by atoms with Crippen LogP contribution in [-0.4, -0.2) is 4.98 Å². The third kappa shape index (κ3) is 0.821. The lowest BCUT2D eigenvalue weighted by atomic mass is 10.2. The van der Waals surface area contributed by atoms with E-state index in [-0.39, 0.29) is 5.43 Å². The molecular weight excluding hydrogens is 178 g/mol. The van der Waals surface area contributed by atoms with Gasteiger partial charge in [-0.1, -0.05) is 6.07 Å². The Labute approximate surface area is 78.9 Å². The summed E-state index contributed by atoms with van der Waals surface area (Å²) < 4.78 is 0. The van der Waals surface area contributed by atoms with Crippen LogP contribution in [0.5, 0.6) is 0 Å². The molecule has 2 heterocycles. The van der Waals surface area contributed by atoms with Crippen molar-refractivity contribution in [3.05, 3.63) is 40.7 Å². The van der Waals surface area contributed by atoms with Crippen molar-refractivity contribution in [2.75, 3.05) is 0 Å². The fraction of sp³-hybridized carbons (Fsp3) is 0.